The number of rotatable bonds is 7. The lowest BCUT2D eigenvalue weighted by atomic mass is 10.1. The number of benzene rings is 2. The third-order valence-corrected chi connectivity index (χ3v) is 3.46. The molecule has 0 bridgehead atoms. The van der Waals surface area contributed by atoms with E-state index in [1.54, 1.807) is 7.11 Å². The van der Waals surface area contributed by atoms with E-state index in [4.69, 9.17) is 9.47 Å². The second-order valence-corrected chi connectivity index (χ2v) is 5.21. The predicted octanol–water partition coefficient (Wildman–Crippen LogP) is 3.18. The van der Waals surface area contributed by atoms with Crippen molar-refractivity contribution in [3.63, 3.8) is 0 Å². The third kappa shape index (κ3) is 5.12. The standard InChI is InChI=1S/C19H22N2O3/c1-4-24-18-11-7-16(8-12-18)14(2)20-21-19(22)13-15-5-9-17(23-3)10-6-15/h5-12H,4,13H2,1-3H3,(H,21,22). The van der Waals surface area contributed by atoms with Gasteiger partial charge in [-0.3, -0.25) is 4.79 Å². The summed E-state index contributed by atoms with van der Waals surface area (Å²) >= 11 is 0. The highest BCUT2D eigenvalue weighted by molar-refractivity contribution is 5.99. The van der Waals surface area contributed by atoms with Gasteiger partial charge in [-0.2, -0.15) is 5.10 Å². The zero-order chi connectivity index (χ0) is 17.4. The molecule has 1 N–H and O–H groups in total. The molecule has 1 amide bonds. The zero-order valence-electron chi connectivity index (χ0n) is 14.2. The van der Waals surface area contributed by atoms with E-state index >= 15 is 0 Å². The summed E-state index contributed by atoms with van der Waals surface area (Å²) in [4.78, 5) is 12.0. The van der Waals surface area contributed by atoms with Gasteiger partial charge in [0.1, 0.15) is 11.5 Å². The molecule has 0 saturated carbocycles. The fourth-order valence-electron chi connectivity index (χ4n) is 2.14. The lowest BCUT2D eigenvalue weighted by molar-refractivity contribution is -0.120. The van der Waals surface area contributed by atoms with E-state index in [-0.39, 0.29) is 12.3 Å². The van der Waals surface area contributed by atoms with Gasteiger partial charge < -0.3 is 9.47 Å². The number of amides is 1. The van der Waals surface area contributed by atoms with E-state index in [0.717, 1.165) is 28.3 Å². The monoisotopic (exact) mass is 326 g/mol. The van der Waals surface area contributed by atoms with Crippen LogP contribution in [0.25, 0.3) is 0 Å². The van der Waals surface area contributed by atoms with Crippen molar-refractivity contribution in [2.24, 2.45) is 5.10 Å². The minimum atomic E-state index is -0.162. The molecule has 0 radical (unpaired) electrons. The van der Waals surface area contributed by atoms with Crippen LogP contribution >= 0.6 is 0 Å². The Morgan fingerprint density at radius 3 is 2.25 bits per heavy atom. The molecule has 0 aromatic heterocycles. The Bertz CT molecular complexity index is 692. The summed E-state index contributed by atoms with van der Waals surface area (Å²) in [5, 5.41) is 4.15. The van der Waals surface area contributed by atoms with E-state index in [1.807, 2.05) is 62.4 Å². The maximum Gasteiger partial charge on any atom is 0.244 e. The van der Waals surface area contributed by atoms with Gasteiger partial charge in [0, 0.05) is 0 Å². The molecular formula is C19H22N2O3. The van der Waals surface area contributed by atoms with Crippen LogP contribution in [-0.4, -0.2) is 25.3 Å². The summed E-state index contributed by atoms with van der Waals surface area (Å²) in [5.41, 5.74) is 5.16. The first-order valence-corrected chi connectivity index (χ1v) is 7.81. The Balaban J connectivity index is 1.91. The van der Waals surface area contributed by atoms with Gasteiger partial charge in [-0.05, 0) is 61.4 Å². The molecule has 5 heteroatoms. The summed E-state index contributed by atoms with van der Waals surface area (Å²) in [6.07, 6.45) is 0.268. The highest BCUT2D eigenvalue weighted by Crippen LogP contribution is 2.13. The topological polar surface area (TPSA) is 59.9 Å². The number of nitrogens with one attached hydrogen (secondary N) is 1. The van der Waals surface area contributed by atoms with E-state index in [1.165, 1.54) is 0 Å². The van der Waals surface area contributed by atoms with Crippen LogP contribution in [-0.2, 0) is 11.2 Å². The van der Waals surface area contributed by atoms with Crippen LogP contribution in [0.1, 0.15) is 25.0 Å². The lowest BCUT2D eigenvalue weighted by Gasteiger charge is -2.06. The van der Waals surface area contributed by atoms with Crippen LogP contribution in [0.3, 0.4) is 0 Å². The van der Waals surface area contributed by atoms with Gasteiger partial charge in [0.25, 0.3) is 0 Å². The van der Waals surface area contributed by atoms with E-state index < -0.39 is 0 Å². The van der Waals surface area contributed by atoms with Gasteiger partial charge in [-0.15, -0.1) is 0 Å². The lowest BCUT2D eigenvalue weighted by Crippen LogP contribution is -2.21. The van der Waals surface area contributed by atoms with Crippen molar-refractivity contribution in [3.8, 4) is 11.5 Å². The molecule has 0 atom stereocenters. The third-order valence-electron chi connectivity index (χ3n) is 3.46. The molecule has 0 unspecified atom stereocenters. The number of methoxy groups -OCH3 is 1. The fourth-order valence-corrected chi connectivity index (χ4v) is 2.14. The van der Waals surface area contributed by atoms with Crippen molar-refractivity contribution < 1.29 is 14.3 Å². The summed E-state index contributed by atoms with van der Waals surface area (Å²) in [6.45, 7) is 4.43. The summed E-state index contributed by atoms with van der Waals surface area (Å²) in [5.74, 6) is 1.42. The molecule has 0 heterocycles. The molecule has 0 saturated heterocycles. The van der Waals surface area contributed by atoms with Crippen LogP contribution in [0, 0.1) is 0 Å². The molecule has 0 fully saturated rings. The minimum Gasteiger partial charge on any atom is -0.497 e. The maximum absolute atomic E-state index is 12.0. The zero-order valence-corrected chi connectivity index (χ0v) is 14.2. The number of carbonyl (C=O) groups is 1. The molecule has 0 aliphatic heterocycles. The van der Waals surface area contributed by atoms with E-state index in [2.05, 4.69) is 10.5 Å². The van der Waals surface area contributed by atoms with Gasteiger partial charge in [0.15, 0.2) is 0 Å². The van der Waals surface area contributed by atoms with Crippen molar-refractivity contribution in [2.45, 2.75) is 20.3 Å². The van der Waals surface area contributed by atoms with Crippen LogP contribution in [0.4, 0.5) is 0 Å². The van der Waals surface area contributed by atoms with Gasteiger partial charge in [-0.25, -0.2) is 5.43 Å². The summed E-state index contributed by atoms with van der Waals surface area (Å²) in [6, 6.07) is 15.0. The van der Waals surface area contributed by atoms with E-state index in [9.17, 15) is 4.79 Å². The number of nitrogens with zero attached hydrogens (tertiary/aromatic N) is 1. The Morgan fingerprint density at radius 2 is 1.67 bits per heavy atom. The van der Waals surface area contributed by atoms with Crippen LogP contribution < -0.4 is 14.9 Å². The summed E-state index contributed by atoms with van der Waals surface area (Å²) < 4.78 is 10.5. The fraction of sp³-hybridized carbons (Fsp3) is 0.263. The van der Waals surface area contributed by atoms with Crippen molar-refractivity contribution in [1.82, 2.24) is 5.43 Å². The average Bonchev–Trinajstić information content (AvgIpc) is 2.61. The second-order valence-electron chi connectivity index (χ2n) is 5.21. The quantitative estimate of drug-likeness (QED) is 0.628. The second kappa shape index (κ2) is 8.72. The molecule has 24 heavy (non-hydrogen) atoms. The largest absolute Gasteiger partial charge is 0.497 e. The molecule has 5 nitrogen and oxygen atoms in total. The first kappa shape index (κ1) is 17.5. The van der Waals surface area contributed by atoms with E-state index in [0.29, 0.717) is 6.61 Å². The molecular weight excluding hydrogens is 304 g/mol. The summed E-state index contributed by atoms with van der Waals surface area (Å²) in [7, 11) is 1.61. The molecule has 0 aliphatic carbocycles. The Morgan fingerprint density at radius 1 is 1.04 bits per heavy atom. The van der Waals surface area contributed by atoms with Gasteiger partial charge in [-0.1, -0.05) is 12.1 Å². The van der Waals surface area contributed by atoms with Crippen molar-refractivity contribution >= 4 is 11.6 Å². The molecule has 0 aliphatic rings. The predicted molar refractivity (Wildman–Crippen MR) is 94.7 cm³/mol. The highest BCUT2D eigenvalue weighted by atomic mass is 16.5. The maximum atomic E-state index is 12.0. The van der Waals surface area contributed by atoms with Gasteiger partial charge in [0.05, 0.1) is 25.8 Å². The highest BCUT2D eigenvalue weighted by Gasteiger charge is 2.04. The van der Waals surface area contributed by atoms with Crippen LogP contribution in [0.5, 0.6) is 11.5 Å². The number of hydrogen-bond acceptors (Lipinski definition) is 4. The average molecular weight is 326 g/mol. The first-order chi connectivity index (χ1) is 11.6. The Labute approximate surface area is 142 Å². The number of hydrogen-bond donors (Lipinski definition) is 1. The smallest absolute Gasteiger partial charge is 0.244 e. The van der Waals surface area contributed by atoms with Crippen molar-refractivity contribution in [2.75, 3.05) is 13.7 Å². The van der Waals surface area contributed by atoms with Crippen LogP contribution in [0.15, 0.2) is 53.6 Å². The molecule has 0 spiro atoms. The number of ether oxygens (including phenoxy) is 2. The van der Waals surface area contributed by atoms with Crippen molar-refractivity contribution in [1.29, 1.82) is 0 Å². The normalized spacial score (nSPS) is 11.0. The number of carbonyl (C=O) groups excluding carboxylic acids is 1. The minimum absolute atomic E-state index is 0.162. The Hall–Kier alpha value is -2.82. The Kier molecular flexibility index (Phi) is 6.37. The molecule has 2 aromatic rings. The van der Waals surface area contributed by atoms with Crippen LogP contribution in [0.2, 0.25) is 0 Å². The molecule has 2 aromatic carbocycles. The van der Waals surface area contributed by atoms with Gasteiger partial charge in [0.2, 0.25) is 5.91 Å². The SMILES string of the molecule is CCOc1ccc(C(C)=NNC(=O)Cc2ccc(OC)cc2)cc1. The first-order valence-electron chi connectivity index (χ1n) is 7.81. The molecule has 2 rings (SSSR count). The van der Waals surface area contributed by atoms with Crippen molar-refractivity contribution in [3.05, 3.63) is 59.7 Å². The number of hydrazone groups is 1. The molecule has 126 valence electrons. The van der Waals surface area contributed by atoms with Gasteiger partial charge >= 0.3 is 0 Å².